The van der Waals surface area contributed by atoms with Crippen molar-refractivity contribution >= 4 is 0 Å². The first-order valence-corrected chi connectivity index (χ1v) is 4.68. The van der Waals surface area contributed by atoms with Crippen molar-refractivity contribution in [3.05, 3.63) is 0 Å². The lowest BCUT2D eigenvalue weighted by molar-refractivity contribution is 0.283. The van der Waals surface area contributed by atoms with Crippen LogP contribution in [-0.4, -0.2) is 37.6 Å². The van der Waals surface area contributed by atoms with Crippen LogP contribution in [0.2, 0.25) is 0 Å². The van der Waals surface area contributed by atoms with Gasteiger partial charge in [0.1, 0.15) is 0 Å². The monoisotopic (exact) mass is 166 g/mol. The highest BCUT2D eigenvalue weighted by molar-refractivity contribution is 4.88. The molecule has 0 unspecified atom stereocenters. The first-order chi connectivity index (χ1) is 5.83. The van der Waals surface area contributed by atoms with E-state index in [1.807, 2.05) is 0 Å². The molecular formula is C10H18N2. The van der Waals surface area contributed by atoms with Crippen molar-refractivity contribution in [2.24, 2.45) is 0 Å². The molecule has 0 bridgehead atoms. The Morgan fingerprint density at radius 2 is 2.42 bits per heavy atom. The Morgan fingerprint density at radius 1 is 1.58 bits per heavy atom. The number of nitrogens with one attached hydrogen (secondary N) is 1. The van der Waals surface area contributed by atoms with Gasteiger partial charge in [-0.2, -0.15) is 0 Å². The molecule has 0 aromatic rings. The predicted octanol–water partition coefficient (Wildman–Crippen LogP) is 0.694. The number of nitrogens with zero attached hydrogens (tertiary/aromatic N) is 1. The lowest BCUT2D eigenvalue weighted by Crippen LogP contribution is -2.42. The normalized spacial score (nSPS) is 23.9. The molecule has 0 aliphatic carbocycles. The number of piperidine rings is 1. The minimum Gasteiger partial charge on any atom is -0.313 e. The number of rotatable bonds is 3. The topological polar surface area (TPSA) is 15.3 Å². The molecule has 1 atom stereocenters. The van der Waals surface area contributed by atoms with Gasteiger partial charge in [0.25, 0.3) is 0 Å². The zero-order valence-electron chi connectivity index (χ0n) is 7.84. The smallest absolute Gasteiger partial charge is 0.0596 e. The quantitative estimate of drug-likeness (QED) is 0.621. The number of likely N-dealkylation sites (N-methyl/N-ethyl adjacent to an activating group) is 1. The Labute approximate surface area is 75.3 Å². The second-order valence-electron chi connectivity index (χ2n) is 3.55. The van der Waals surface area contributed by atoms with Gasteiger partial charge in [0.2, 0.25) is 0 Å². The summed E-state index contributed by atoms with van der Waals surface area (Å²) < 4.78 is 0. The summed E-state index contributed by atoms with van der Waals surface area (Å²) in [5.74, 6) is 2.66. The summed E-state index contributed by atoms with van der Waals surface area (Å²) in [6.07, 6.45) is 9.21. The van der Waals surface area contributed by atoms with Crippen LogP contribution in [0.1, 0.15) is 19.3 Å². The number of hydrogen-bond donors (Lipinski definition) is 1. The molecule has 1 aliphatic heterocycles. The molecule has 1 fully saturated rings. The van der Waals surface area contributed by atoms with Gasteiger partial charge in [-0.25, -0.2) is 0 Å². The van der Waals surface area contributed by atoms with Crippen LogP contribution in [0.5, 0.6) is 0 Å². The zero-order chi connectivity index (χ0) is 8.81. The molecule has 0 saturated carbocycles. The van der Waals surface area contributed by atoms with Crippen LogP contribution in [0.4, 0.5) is 0 Å². The second-order valence-corrected chi connectivity index (χ2v) is 3.55. The summed E-state index contributed by atoms with van der Waals surface area (Å²) >= 11 is 0. The SMILES string of the molecule is C#CCN(C)C[C@H]1CCCCN1. The van der Waals surface area contributed by atoms with Crippen molar-refractivity contribution in [2.45, 2.75) is 25.3 Å². The third-order valence-electron chi connectivity index (χ3n) is 2.31. The van der Waals surface area contributed by atoms with Crippen LogP contribution in [-0.2, 0) is 0 Å². The Hall–Kier alpha value is -0.520. The van der Waals surface area contributed by atoms with E-state index in [2.05, 4.69) is 23.2 Å². The van der Waals surface area contributed by atoms with E-state index in [4.69, 9.17) is 6.42 Å². The van der Waals surface area contributed by atoms with Crippen LogP contribution < -0.4 is 5.32 Å². The highest BCUT2D eigenvalue weighted by Gasteiger charge is 2.13. The molecule has 1 saturated heterocycles. The van der Waals surface area contributed by atoms with Crippen LogP contribution in [0.3, 0.4) is 0 Å². The van der Waals surface area contributed by atoms with Crippen molar-refractivity contribution in [1.29, 1.82) is 0 Å². The van der Waals surface area contributed by atoms with E-state index in [1.54, 1.807) is 0 Å². The summed E-state index contributed by atoms with van der Waals surface area (Å²) in [4.78, 5) is 2.20. The Bertz CT molecular complexity index is 154. The Kier molecular flexibility index (Phi) is 4.13. The molecule has 1 rings (SSSR count). The van der Waals surface area contributed by atoms with Crippen LogP contribution in [0, 0.1) is 12.3 Å². The van der Waals surface area contributed by atoms with Crippen LogP contribution in [0.15, 0.2) is 0 Å². The van der Waals surface area contributed by atoms with Gasteiger partial charge in [-0.15, -0.1) is 6.42 Å². The van der Waals surface area contributed by atoms with E-state index >= 15 is 0 Å². The fourth-order valence-electron chi connectivity index (χ4n) is 1.68. The largest absolute Gasteiger partial charge is 0.313 e. The third kappa shape index (κ3) is 3.25. The molecule has 2 nitrogen and oxygen atoms in total. The van der Waals surface area contributed by atoms with Crippen molar-refractivity contribution in [3.8, 4) is 12.3 Å². The minimum atomic E-state index is 0.664. The van der Waals surface area contributed by atoms with Gasteiger partial charge in [0.05, 0.1) is 6.54 Å². The fraction of sp³-hybridized carbons (Fsp3) is 0.800. The van der Waals surface area contributed by atoms with Crippen molar-refractivity contribution in [3.63, 3.8) is 0 Å². The maximum absolute atomic E-state index is 5.22. The summed E-state index contributed by atoms with van der Waals surface area (Å²) in [6.45, 7) is 3.02. The summed E-state index contributed by atoms with van der Waals surface area (Å²) in [7, 11) is 2.08. The maximum Gasteiger partial charge on any atom is 0.0596 e. The predicted molar refractivity (Wildman–Crippen MR) is 52.0 cm³/mol. The molecule has 2 heteroatoms. The molecule has 1 N–H and O–H groups in total. The van der Waals surface area contributed by atoms with Gasteiger partial charge in [-0.1, -0.05) is 12.3 Å². The van der Waals surface area contributed by atoms with E-state index in [9.17, 15) is 0 Å². The molecule has 12 heavy (non-hydrogen) atoms. The molecule has 0 amide bonds. The first kappa shape index (κ1) is 9.57. The standard InChI is InChI=1S/C10H18N2/c1-3-8-12(2)9-10-6-4-5-7-11-10/h1,10-11H,4-9H2,2H3/t10-/m1/s1. The van der Waals surface area contributed by atoms with Gasteiger partial charge in [-0.3, -0.25) is 4.90 Å². The maximum atomic E-state index is 5.22. The third-order valence-corrected chi connectivity index (χ3v) is 2.31. The fourth-order valence-corrected chi connectivity index (χ4v) is 1.68. The first-order valence-electron chi connectivity index (χ1n) is 4.68. The highest BCUT2D eigenvalue weighted by Crippen LogP contribution is 2.07. The summed E-state index contributed by atoms with van der Waals surface area (Å²) in [5, 5.41) is 3.50. The minimum absolute atomic E-state index is 0.664. The van der Waals surface area contributed by atoms with E-state index in [0.29, 0.717) is 6.04 Å². The molecule has 68 valence electrons. The van der Waals surface area contributed by atoms with Gasteiger partial charge in [-0.05, 0) is 26.4 Å². The van der Waals surface area contributed by atoms with Crippen molar-refractivity contribution in [2.75, 3.05) is 26.7 Å². The average Bonchev–Trinajstić information content (AvgIpc) is 2.06. The molecule has 0 spiro atoms. The lowest BCUT2D eigenvalue weighted by atomic mass is 10.0. The molecule has 1 heterocycles. The Balaban J connectivity index is 2.16. The highest BCUT2D eigenvalue weighted by atomic mass is 15.1. The van der Waals surface area contributed by atoms with Crippen LogP contribution in [0.25, 0.3) is 0 Å². The van der Waals surface area contributed by atoms with E-state index in [1.165, 1.54) is 25.8 Å². The molecule has 0 aromatic carbocycles. The molecular weight excluding hydrogens is 148 g/mol. The Morgan fingerprint density at radius 3 is 3.00 bits per heavy atom. The zero-order valence-corrected chi connectivity index (χ0v) is 7.84. The summed E-state index contributed by atoms with van der Waals surface area (Å²) in [6, 6.07) is 0.664. The van der Waals surface area contributed by atoms with Gasteiger partial charge >= 0.3 is 0 Å². The van der Waals surface area contributed by atoms with Gasteiger partial charge < -0.3 is 5.32 Å². The van der Waals surface area contributed by atoms with Crippen LogP contribution >= 0.6 is 0 Å². The van der Waals surface area contributed by atoms with Gasteiger partial charge in [0.15, 0.2) is 0 Å². The van der Waals surface area contributed by atoms with Crippen molar-refractivity contribution < 1.29 is 0 Å². The molecule has 0 aromatic heterocycles. The van der Waals surface area contributed by atoms with Gasteiger partial charge in [0, 0.05) is 12.6 Å². The molecule has 0 radical (unpaired) electrons. The average molecular weight is 166 g/mol. The second kappa shape index (κ2) is 5.18. The van der Waals surface area contributed by atoms with E-state index < -0.39 is 0 Å². The molecule has 1 aliphatic rings. The van der Waals surface area contributed by atoms with E-state index in [-0.39, 0.29) is 0 Å². The summed E-state index contributed by atoms with van der Waals surface area (Å²) in [5.41, 5.74) is 0. The number of terminal acetylenes is 1. The number of hydrogen-bond acceptors (Lipinski definition) is 2. The lowest BCUT2D eigenvalue weighted by Gasteiger charge is -2.27. The van der Waals surface area contributed by atoms with Crippen molar-refractivity contribution in [1.82, 2.24) is 10.2 Å². The van der Waals surface area contributed by atoms with E-state index in [0.717, 1.165) is 13.1 Å².